The van der Waals surface area contributed by atoms with E-state index in [-0.39, 0.29) is 0 Å². The lowest BCUT2D eigenvalue weighted by Gasteiger charge is -2.09. The molecule has 0 unspecified atom stereocenters. The van der Waals surface area contributed by atoms with Gasteiger partial charge < -0.3 is 10.1 Å². The zero-order valence-electron chi connectivity index (χ0n) is 14.3. The average molecular weight is 334 g/mol. The molecule has 0 radical (unpaired) electrons. The highest BCUT2D eigenvalue weighted by Crippen LogP contribution is 2.25. The predicted octanol–water partition coefficient (Wildman–Crippen LogP) is 4.06. The van der Waals surface area contributed by atoms with E-state index in [0.717, 1.165) is 16.6 Å². The number of aromatic nitrogens is 2. The van der Waals surface area contributed by atoms with Crippen molar-refractivity contribution in [3.63, 3.8) is 0 Å². The fourth-order valence-electron chi connectivity index (χ4n) is 2.17. The summed E-state index contributed by atoms with van der Waals surface area (Å²) in [4.78, 5) is 19.9. The standard InChI is InChI=1S/C17H12N4O2.C2H6/c1-23-17(22)12-3-5-16(20-10-12)21-15-6-7-19-14-4-2-11(9-18)8-13(14)15;1-2/h2-8,10H,1H3,(H,19,20,21);1-2H3. The van der Waals surface area contributed by atoms with Crippen molar-refractivity contribution < 1.29 is 9.53 Å². The Labute approximate surface area is 146 Å². The maximum absolute atomic E-state index is 11.4. The summed E-state index contributed by atoms with van der Waals surface area (Å²) in [6, 6.07) is 12.5. The molecule has 2 heterocycles. The third-order valence-corrected chi connectivity index (χ3v) is 3.32. The Kier molecular flexibility index (Phi) is 6.02. The fourth-order valence-corrected chi connectivity index (χ4v) is 2.17. The van der Waals surface area contributed by atoms with Crippen LogP contribution in [0.3, 0.4) is 0 Å². The van der Waals surface area contributed by atoms with Gasteiger partial charge in [0.05, 0.1) is 35.5 Å². The number of esters is 1. The second-order valence-electron chi connectivity index (χ2n) is 4.75. The van der Waals surface area contributed by atoms with Gasteiger partial charge in [-0.05, 0) is 36.4 Å². The van der Waals surface area contributed by atoms with Crippen LogP contribution in [0, 0.1) is 11.3 Å². The summed E-state index contributed by atoms with van der Waals surface area (Å²) in [6.45, 7) is 4.00. The minimum atomic E-state index is -0.433. The molecule has 1 N–H and O–H groups in total. The van der Waals surface area contributed by atoms with E-state index in [0.29, 0.717) is 16.9 Å². The molecule has 0 saturated carbocycles. The summed E-state index contributed by atoms with van der Waals surface area (Å²) < 4.78 is 4.64. The van der Waals surface area contributed by atoms with E-state index in [1.807, 2.05) is 13.8 Å². The maximum atomic E-state index is 11.4. The molecule has 1 aromatic carbocycles. The first-order chi connectivity index (χ1) is 12.2. The van der Waals surface area contributed by atoms with Gasteiger partial charge in [-0.15, -0.1) is 0 Å². The second-order valence-corrected chi connectivity index (χ2v) is 4.75. The number of nitrogens with zero attached hydrogens (tertiary/aromatic N) is 3. The van der Waals surface area contributed by atoms with Crippen LogP contribution in [0.2, 0.25) is 0 Å². The number of nitrogens with one attached hydrogen (secondary N) is 1. The molecule has 25 heavy (non-hydrogen) atoms. The Hall–Kier alpha value is -3.46. The molecule has 0 bridgehead atoms. The van der Waals surface area contributed by atoms with Crippen LogP contribution in [-0.4, -0.2) is 23.0 Å². The first kappa shape index (κ1) is 17.9. The highest BCUT2D eigenvalue weighted by atomic mass is 16.5. The fraction of sp³-hybridized carbons (Fsp3) is 0.158. The molecule has 2 aromatic heterocycles. The van der Waals surface area contributed by atoms with Gasteiger partial charge in [0, 0.05) is 17.8 Å². The van der Waals surface area contributed by atoms with E-state index >= 15 is 0 Å². The molecule has 0 aliphatic heterocycles. The molecule has 0 saturated heterocycles. The van der Waals surface area contributed by atoms with Gasteiger partial charge in [-0.25, -0.2) is 9.78 Å². The molecular weight excluding hydrogens is 316 g/mol. The van der Waals surface area contributed by atoms with Crippen molar-refractivity contribution in [3.05, 3.63) is 59.9 Å². The largest absolute Gasteiger partial charge is 0.465 e. The minimum absolute atomic E-state index is 0.379. The van der Waals surface area contributed by atoms with Crippen LogP contribution >= 0.6 is 0 Å². The number of ether oxygens (including phenoxy) is 1. The summed E-state index contributed by atoms with van der Waals surface area (Å²) >= 11 is 0. The Morgan fingerprint density at radius 3 is 2.60 bits per heavy atom. The molecule has 0 amide bonds. The molecule has 6 nitrogen and oxygen atoms in total. The van der Waals surface area contributed by atoms with Gasteiger partial charge in [0.2, 0.25) is 0 Å². The van der Waals surface area contributed by atoms with Crippen molar-refractivity contribution in [1.29, 1.82) is 5.26 Å². The smallest absolute Gasteiger partial charge is 0.339 e. The molecule has 0 atom stereocenters. The molecule has 3 aromatic rings. The van der Waals surface area contributed by atoms with Gasteiger partial charge in [-0.2, -0.15) is 5.26 Å². The Morgan fingerprint density at radius 1 is 1.16 bits per heavy atom. The topological polar surface area (TPSA) is 87.9 Å². The number of rotatable bonds is 3. The van der Waals surface area contributed by atoms with E-state index in [2.05, 4.69) is 26.1 Å². The molecule has 0 fully saturated rings. The summed E-state index contributed by atoms with van der Waals surface area (Å²) in [6.07, 6.45) is 3.12. The highest BCUT2D eigenvalue weighted by molar-refractivity contribution is 5.93. The highest BCUT2D eigenvalue weighted by Gasteiger charge is 2.07. The molecule has 6 heteroatoms. The van der Waals surface area contributed by atoms with Crippen molar-refractivity contribution >= 4 is 28.4 Å². The summed E-state index contributed by atoms with van der Waals surface area (Å²) in [5.41, 5.74) is 2.50. The molecular formula is C19H18N4O2. The van der Waals surface area contributed by atoms with Crippen molar-refractivity contribution in [2.45, 2.75) is 13.8 Å². The van der Waals surface area contributed by atoms with Crippen LogP contribution in [-0.2, 0) is 4.74 Å². The van der Waals surface area contributed by atoms with E-state index in [4.69, 9.17) is 5.26 Å². The van der Waals surface area contributed by atoms with E-state index in [1.165, 1.54) is 13.3 Å². The zero-order chi connectivity index (χ0) is 18.2. The minimum Gasteiger partial charge on any atom is -0.465 e. The Bertz CT molecular complexity index is 915. The number of carbonyl (C=O) groups excluding carboxylic acids is 1. The van der Waals surface area contributed by atoms with Crippen LogP contribution in [0.1, 0.15) is 29.8 Å². The monoisotopic (exact) mass is 334 g/mol. The average Bonchev–Trinajstić information content (AvgIpc) is 2.69. The lowest BCUT2D eigenvalue weighted by molar-refractivity contribution is 0.0600. The molecule has 0 aliphatic rings. The van der Waals surface area contributed by atoms with Crippen LogP contribution in [0.4, 0.5) is 11.5 Å². The van der Waals surface area contributed by atoms with E-state index in [1.54, 1.807) is 42.6 Å². The SMILES string of the molecule is CC.COC(=O)c1ccc(Nc2ccnc3ccc(C#N)cc23)nc1. The summed E-state index contributed by atoms with van der Waals surface area (Å²) in [5, 5.41) is 13.0. The number of benzene rings is 1. The van der Waals surface area contributed by atoms with Gasteiger partial charge in [-0.1, -0.05) is 13.8 Å². The quantitative estimate of drug-likeness (QED) is 0.727. The Balaban J connectivity index is 0.00000109. The van der Waals surface area contributed by atoms with Gasteiger partial charge in [0.1, 0.15) is 5.82 Å². The number of carbonyl (C=O) groups is 1. The van der Waals surface area contributed by atoms with Crippen molar-refractivity contribution in [2.75, 3.05) is 12.4 Å². The normalized spacial score (nSPS) is 9.52. The number of nitriles is 1. The molecule has 126 valence electrons. The third kappa shape index (κ3) is 4.09. The van der Waals surface area contributed by atoms with Gasteiger partial charge in [0.15, 0.2) is 0 Å². The summed E-state index contributed by atoms with van der Waals surface area (Å²) in [5.74, 6) is 0.143. The third-order valence-electron chi connectivity index (χ3n) is 3.32. The molecule has 0 spiro atoms. The van der Waals surface area contributed by atoms with Crippen molar-refractivity contribution in [2.24, 2.45) is 0 Å². The number of fused-ring (bicyclic) bond motifs is 1. The number of anilines is 2. The molecule has 0 aliphatic carbocycles. The number of hydrogen-bond donors (Lipinski definition) is 1. The van der Waals surface area contributed by atoms with Crippen molar-refractivity contribution in [3.8, 4) is 6.07 Å². The van der Waals surface area contributed by atoms with Gasteiger partial charge in [-0.3, -0.25) is 4.98 Å². The van der Waals surface area contributed by atoms with Crippen molar-refractivity contribution in [1.82, 2.24) is 9.97 Å². The Morgan fingerprint density at radius 2 is 1.96 bits per heavy atom. The van der Waals surface area contributed by atoms with Gasteiger partial charge >= 0.3 is 5.97 Å². The van der Waals surface area contributed by atoms with Gasteiger partial charge in [0.25, 0.3) is 0 Å². The second kappa shape index (κ2) is 8.41. The summed E-state index contributed by atoms with van der Waals surface area (Å²) in [7, 11) is 1.32. The van der Waals surface area contributed by atoms with Crippen LogP contribution < -0.4 is 5.32 Å². The van der Waals surface area contributed by atoms with E-state index < -0.39 is 5.97 Å². The first-order valence-electron chi connectivity index (χ1n) is 7.81. The molecule has 3 rings (SSSR count). The van der Waals surface area contributed by atoms with Crippen LogP contribution in [0.25, 0.3) is 10.9 Å². The van der Waals surface area contributed by atoms with Crippen LogP contribution in [0.5, 0.6) is 0 Å². The first-order valence-corrected chi connectivity index (χ1v) is 7.81. The number of methoxy groups -OCH3 is 1. The number of hydrogen-bond acceptors (Lipinski definition) is 6. The zero-order valence-corrected chi connectivity index (χ0v) is 14.3. The maximum Gasteiger partial charge on any atom is 0.339 e. The van der Waals surface area contributed by atoms with E-state index in [9.17, 15) is 4.79 Å². The lowest BCUT2D eigenvalue weighted by atomic mass is 10.1. The predicted molar refractivity (Wildman–Crippen MR) is 96.7 cm³/mol. The van der Waals surface area contributed by atoms with Crippen LogP contribution in [0.15, 0.2) is 48.8 Å². The lowest BCUT2D eigenvalue weighted by Crippen LogP contribution is -2.02. The number of pyridine rings is 2.